The third-order valence-corrected chi connectivity index (χ3v) is 3.69. The van der Waals surface area contributed by atoms with E-state index in [0.717, 1.165) is 0 Å². The Morgan fingerprint density at radius 2 is 1.67 bits per heavy atom. The Labute approximate surface area is 133 Å². The van der Waals surface area contributed by atoms with Crippen LogP contribution in [0.15, 0.2) is 18.2 Å². The molecular formula is C14H14F6N2O2. The van der Waals surface area contributed by atoms with Crippen LogP contribution < -0.4 is 5.32 Å². The Balaban J connectivity index is 2.30. The number of hydrogen-bond acceptors (Lipinski definition) is 2. The summed E-state index contributed by atoms with van der Waals surface area (Å²) in [7, 11) is 0. The van der Waals surface area contributed by atoms with Gasteiger partial charge in [-0.05, 0) is 31.0 Å². The van der Waals surface area contributed by atoms with Crippen LogP contribution in [-0.2, 0) is 12.4 Å². The molecule has 1 aromatic carbocycles. The van der Waals surface area contributed by atoms with E-state index in [1.54, 1.807) is 0 Å². The molecule has 0 bridgehead atoms. The SMILES string of the molecule is O=C(Nc1cc(C(F)(F)F)cc(C(F)(F)F)c1)N1CCC[C@@H]1CO. The summed E-state index contributed by atoms with van der Waals surface area (Å²) >= 11 is 0. The second kappa shape index (κ2) is 6.50. The molecule has 2 amide bonds. The van der Waals surface area contributed by atoms with Gasteiger partial charge in [-0.2, -0.15) is 26.3 Å². The summed E-state index contributed by atoms with van der Waals surface area (Å²) in [5.74, 6) is 0. The highest BCUT2D eigenvalue weighted by Crippen LogP contribution is 2.37. The number of likely N-dealkylation sites (tertiary alicyclic amines) is 1. The molecule has 1 aromatic rings. The second-order valence-corrected chi connectivity index (χ2v) is 5.40. The van der Waals surface area contributed by atoms with E-state index in [4.69, 9.17) is 5.11 Å². The summed E-state index contributed by atoms with van der Waals surface area (Å²) < 4.78 is 76.6. The highest BCUT2D eigenvalue weighted by atomic mass is 19.4. The molecule has 2 rings (SSSR count). The fourth-order valence-corrected chi connectivity index (χ4v) is 2.52. The minimum absolute atomic E-state index is 0.0119. The molecule has 0 aliphatic carbocycles. The number of rotatable bonds is 2. The summed E-state index contributed by atoms with van der Waals surface area (Å²) in [5, 5.41) is 11.2. The Morgan fingerprint density at radius 1 is 1.12 bits per heavy atom. The van der Waals surface area contributed by atoms with Crippen LogP contribution in [0.4, 0.5) is 36.8 Å². The Hall–Kier alpha value is -1.97. The molecule has 0 unspecified atom stereocenters. The maximum Gasteiger partial charge on any atom is 0.416 e. The summed E-state index contributed by atoms with van der Waals surface area (Å²) in [6.45, 7) is -0.0635. The molecule has 0 spiro atoms. The molecule has 24 heavy (non-hydrogen) atoms. The molecular weight excluding hydrogens is 342 g/mol. The van der Waals surface area contributed by atoms with Crippen LogP contribution >= 0.6 is 0 Å². The first kappa shape index (κ1) is 18.4. The van der Waals surface area contributed by atoms with Gasteiger partial charge in [0.1, 0.15) is 0 Å². The number of aliphatic hydroxyl groups excluding tert-OH is 1. The van der Waals surface area contributed by atoms with Gasteiger partial charge < -0.3 is 15.3 Å². The largest absolute Gasteiger partial charge is 0.416 e. The topological polar surface area (TPSA) is 52.6 Å². The molecule has 0 aromatic heterocycles. The van der Waals surface area contributed by atoms with E-state index in [1.165, 1.54) is 4.90 Å². The normalized spacial score (nSPS) is 18.8. The van der Waals surface area contributed by atoms with Gasteiger partial charge in [0.2, 0.25) is 0 Å². The lowest BCUT2D eigenvalue weighted by atomic mass is 10.1. The molecule has 1 heterocycles. The summed E-state index contributed by atoms with van der Waals surface area (Å²) in [6, 6.07) is -0.479. The number of amides is 2. The average Bonchev–Trinajstić information content (AvgIpc) is 2.93. The van der Waals surface area contributed by atoms with Gasteiger partial charge >= 0.3 is 18.4 Å². The third-order valence-electron chi connectivity index (χ3n) is 3.69. The molecule has 1 aliphatic rings. The number of halogens is 6. The van der Waals surface area contributed by atoms with E-state index < -0.39 is 41.2 Å². The van der Waals surface area contributed by atoms with E-state index in [9.17, 15) is 31.1 Å². The predicted molar refractivity (Wildman–Crippen MR) is 72.3 cm³/mol. The number of hydrogen-bond donors (Lipinski definition) is 2. The molecule has 1 saturated heterocycles. The van der Waals surface area contributed by atoms with Crippen LogP contribution in [-0.4, -0.2) is 35.2 Å². The molecule has 0 saturated carbocycles. The van der Waals surface area contributed by atoms with Crippen molar-refractivity contribution in [1.29, 1.82) is 0 Å². The van der Waals surface area contributed by atoms with Crippen LogP contribution in [0.1, 0.15) is 24.0 Å². The number of aliphatic hydroxyl groups is 1. The van der Waals surface area contributed by atoms with Gasteiger partial charge in [-0.15, -0.1) is 0 Å². The lowest BCUT2D eigenvalue weighted by molar-refractivity contribution is -0.143. The minimum Gasteiger partial charge on any atom is -0.394 e. The number of carbonyl (C=O) groups is 1. The number of benzene rings is 1. The molecule has 134 valence electrons. The van der Waals surface area contributed by atoms with E-state index in [2.05, 4.69) is 0 Å². The van der Waals surface area contributed by atoms with Crippen molar-refractivity contribution >= 4 is 11.7 Å². The highest BCUT2D eigenvalue weighted by molar-refractivity contribution is 5.90. The number of anilines is 1. The van der Waals surface area contributed by atoms with Gasteiger partial charge in [0, 0.05) is 12.2 Å². The van der Waals surface area contributed by atoms with Crippen molar-refractivity contribution in [3.63, 3.8) is 0 Å². The zero-order valence-corrected chi connectivity index (χ0v) is 12.2. The smallest absolute Gasteiger partial charge is 0.394 e. The minimum atomic E-state index is -4.98. The van der Waals surface area contributed by atoms with E-state index >= 15 is 0 Å². The average molecular weight is 356 g/mol. The van der Waals surface area contributed by atoms with E-state index in [1.807, 2.05) is 5.32 Å². The van der Waals surface area contributed by atoms with Gasteiger partial charge in [0.15, 0.2) is 0 Å². The van der Waals surface area contributed by atoms with Gasteiger partial charge in [0.05, 0.1) is 23.8 Å². The van der Waals surface area contributed by atoms with Crippen LogP contribution in [0.25, 0.3) is 0 Å². The van der Waals surface area contributed by atoms with Crippen molar-refractivity contribution in [2.24, 2.45) is 0 Å². The fraction of sp³-hybridized carbons (Fsp3) is 0.500. The zero-order valence-electron chi connectivity index (χ0n) is 12.2. The first-order valence-corrected chi connectivity index (χ1v) is 7.00. The van der Waals surface area contributed by atoms with Gasteiger partial charge in [-0.1, -0.05) is 0 Å². The van der Waals surface area contributed by atoms with Crippen LogP contribution in [0.2, 0.25) is 0 Å². The molecule has 4 nitrogen and oxygen atoms in total. The predicted octanol–water partition coefficient (Wildman–Crippen LogP) is 3.71. The number of carbonyl (C=O) groups excluding carboxylic acids is 1. The van der Waals surface area contributed by atoms with E-state index in [0.29, 0.717) is 25.0 Å². The Kier molecular flexibility index (Phi) is 4.97. The summed E-state index contributed by atoms with van der Waals surface area (Å²) in [5.41, 5.74) is -3.62. The Morgan fingerprint density at radius 3 is 2.12 bits per heavy atom. The zero-order chi connectivity index (χ0) is 18.1. The number of nitrogens with one attached hydrogen (secondary N) is 1. The highest BCUT2D eigenvalue weighted by Gasteiger charge is 2.37. The molecule has 1 fully saturated rings. The number of nitrogens with zero attached hydrogens (tertiary/aromatic N) is 1. The summed E-state index contributed by atoms with van der Waals surface area (Å²) in [6.07, 6.45) is -8.86. The third kappa shape index (κ3) is 4.11. The molecule has 0 radical (unpaired) electrons. The second-order valence-electron chi connectivity index (χ2n) is 5.40. The van der Waals surface area contributed by atoms with Crippen molar-refractivity contribution in [3.05, 3.63) is 29.3 Å². The first-order chi connectivity index (χ1) is 11.0. The molecule has 2 N–H and O–H groups in total. The van der Waals surface area contributed by atoms with Crippen LogP contribution in [0.5, 0.6) is 0 Å². The van der Waals surface area contributed by atoms with Gasteiger partial charge in [-0.25, -0.2) is 4.79 Å². The molecule has 10 heteroatoms. The van der Waals surface area contributed by atoms with Crippen molar-refractivity contribution in [1.82, 2.24) is 4.90 Å². The monoisotopic (exact) mass is 356 g/mol. The van der Waals surface area contributed by atoms with Crippen molar-refractivity contribution in [2.75, 3.05) is 18.5 Å². The molecule has 1 atom stereocenters. The van der Waals surface area contributed by atoms with Crippen LogP contribution in [0, 0.1) is 0 Å². The maximum absolute atomic E-state index is 12.8. The van der Waals surface area contributed by atoms with Crippen molar-refractivity contribution in [3.8, 4) is 0 Å². The maximum atomic E-state index is 12.8. The summed E-state index contributed by atoms with van der Waals surface area (Å²) in [4.78, 5) is 13.2. The Bertz CT molecular complexity index is 582. The van der Waals surface area contributed by atoms with Gasteiger partial charge in [-0.3, -0.25) is 0 Å². The van der Waals surface area contributed by atoms with Crippen molar-refractivity contribution < 1.29 is 36.2 Å². The van der Waals surface area contributed by atoms with Crippen molar-refractivity contribution in [2.45, 2.75) is 31.2 Å². The fourth-order valence-electron chi connectivity index (χ4n) is 2.52. The lowest BCUT2D eigenvalue weighted by Crippen LogP contribution is -2.40. The quantitative estimate of drug-likeness (QED) is 0.794. The lowest BCUT2D eigenvalue weighted by Gasteiger charge is -2.24. The van der Waals surface area contributed by atoms with E-state index in [-0.39, 0.29) is 19.2 Å². The first-order valence-electron chi connectivity index (χ1n) is 7.00. The standard InChI is InChI=1S/C14H14F6N2O2/c15-13(16,17)8-4-9(14(18,19)20)6-10(5-8)21-12(24)22-3-1-2-11(22)7-23/h4-6,11,23H,1-3,7H2,(H,21,24)/t11-/m1/s1. The number of alkyl halides is 6. The van der Waals surface area contributed by atoms with Gasteiger partial charge in [0.25, 0.3) is 0 Å². The molecule has 1 aliphatic heterocycles. The van der Waals surface area contributed by atoms with Crippen LogP contribution in [0.3, 0.4) is 0 Å². The number of urea groups is 1.